The molecular weight excluding hydrogens is 351 g/mol. The summed E-state index contributed by atoms with van der Waals surface area (Å²) in [6, 6.07) is 28.3. The second-order valence-electron chi connectivity index (χ2n) is 6.75. The van der Waals surface area contributed by atoms with Gasteiger partial charge >= 0.3 is 5.97 Å². The Morgan fingerprint density at radius 2 is 1.15 bits per heavy atom. The first kappa shape index (κ1) is 20.9. The third-order valence-electron chi connectivity index (χ3n) is 3.58. The maximum atomic E-state index is 12.2. The summed E-state index contributed by atoms with van der Waals surface area (Å²) in [7, 11) is 0.617. The molecule has 0 aliphatic rings. The van der Waals surface area contributed by atoms with Crippen LogP contribution in [0.3, 0.4) is 0 Å². The molecule has 3 aromatic carbocycles. The molecule has 0 aromatic heterocycles. The van der Waals surface area contributed by atoms with Crippen LogP contribution in [0.2, 0.25) is 0 Å². The summed E-state index contributed by atoms with van der Waals surface area (Å²) >= 11 is 0. The SMILES string of the molecule is CC(C)C.COC(=O)c1ccccc1P(c1ccccc1)c1ccccc1. The Hall–Kier alpha value is -2.44. The molecule has 0 saturated carbocycles. The Labute approximate surface area is 164 Å². The molecule has 2 nitrogen and oxygen atoms in total. The van der Waals surface area contributed by atoms with Gasteiger partial charge in [-0.3, -0.25) is 0 Å². The lowest BCUT2D eigenvalue weighted by atomic mass is 10.2. The van der Waals surface area contributed by atoms with E-state index in [9.17, 15) is 4.79 Å². The van der Waals surface area contributed by atoms with Gasteiger partial charge in [0.15, 0.2) is 0 Å². The maximum Gasteiger partial charge on any atom is 0.338 e. The third-order valence-corrected chi connectivity index (χ3v) is 6.08. The quantitative estimate of drug-likeness (QED) is 0.477. The summed E-state index contributed by atoms with van der Waals surface area (Å²) in [5.74, 6) is 0.542. The van der Waals surface area contributed by atoms with Gasteiger partial charge in [-0.15, -0.1) is 0 Å². The van der Waals surface area contributed by atoms with Gasteiger partial charge in [-0.1, -0.05) is 99.6 Å². The minimum atomic E-state index is -0.806. The van der Waals surface area contributed by atoms with Crippen molar-refractivity contribution in [3.8, 4) is 0 Å². The van der Waals surface area contributed by atoms with E-state index in [1.165, 1.54) is 17.7 Å². The summed E-state index contributed by atoms with van der Waals surface area (Å²) in [4.78, 5) is 12.2. The predicted molar refractivity (Wildman–Crippen MR) is 117 cm³/mol. The molecule has 3 rings (SSSR count). The molecule has 0 bridgehead atoms. The highest BCUT2D eigenvalue weighted by Gasteiger charge is 2.22. The van der Waals surface area contributed by atoms with E-state index in [1.807, 2.05) is 60.7 Å². The molecule has 0 aliphatic carbocycles. The number of hydrogen-bond acceptors (Lipinski definition) is 2. The van der Waals surface area contributed by atoms with Gasteiger partial charge < -0.3 is 4.74 Å². The highest BCUT2D eigenvalue weighted by Crippen LogP contribution is 2.34. The zero-order valence-corrected chi connectivity index (χ0v) is 17.3. The number of hydrogen-bond donors (Lipinski definition) is 0. The topological polar surface area (TPSA) is 26.3 Å². The normalized spacial score (nSPS) is 10.3. The molecule has 0 fully saturated rings. The predicted octanol–water partition coefficient (Wildman–Crippen LogP) is 4.89. The second kappa shape index (κ2) is 10.6. The van der Waals surface area contributed by atoms with E-state index in [2.05, 4.69) is 45.0 Å². The molecule has 0 unspecified atom stereocenters. The average molecular weight is 378 g/mol. The van der Waals surface area contributed by atoms with Crippen molar-refractivity contribution in [2.24, 2.45) is 5.92 Å². The van der Waals surface area contributed by atoms with Crippen molar-refractivity contribution in [2.75, 3.05) is 7.11 Å². The van der Waals surface area contributed by atoms with E-state index in [-0.39, 0.29) is 5.97 Å². The summed E-state index contributed by atoms with van der Waals surface area (Å²) in [6.45, 7) is 6.50. The Morgan fingerprint density at radius 1 is 0.741 bits per heavy atom. The zero-order valence-electron chi connectivity index (χ0n) is 16.4. The fraction of sp³-hybridized carbons (Fsp3) is 0.208. The van der Waals surface area contributed by atoms with Gasteiger partial charge in [-0.2, -0.15) is 0 Å². The van der Waals surface area contributed by atoms with Crippen LogP contribution in [0.5, 0.6) is 0 Å². The smallest absolute Gasteiger partial charge is 0.338 e. The van der Waals surface area contributed by atoms with Gasteiger partial charge in [0.25, 0.3) is 0 Å². The molecule has 0 amide bonds. The van der Waals surface area contributed by atoms with Gasteiger partial charge in [0.2, 0.25) is 0 Å². The van der Waals surface area contributed by atoms with Crippen molar-refractivity contribution in [3.63, 3.8) is 0 Å². The second-order valence-corrected chi connectivity index (χ2v) is 8.93. The molecule has 3 aromatic rings. The number of rotatable bonds is 4. The Balaban J connectivity index is 0.000000596. The Morgan fingerprint density at radius 3 is 1.59 bits per heavy atom. The summed E-state index contributed by atoms with van der Waals surface area (Å²) in [6.07, 6.45) is 0. The van der Waals surface area contributed by atoms with Gasteiger partial charge in [0, 0.05) is 0 Å². The van der Waals surface area contributed by atoms with Crippen molar-refractivity contribution in [1.82, 2.24) is 0 Å². The Kier molecular flexibility index (Phi) is 8.23. The minimum absolute atomic E-state index is 0.292. The summed E-state index contributed by atoms with van der Waals surface area (Å²) in [5, 5.41) is 3.45. The van der Waals surface area contributed by atoms with Crippen LogP contribution in [-0.4, -0.2) is 13.1 Å². The van der Waals surface area contributed by atoms with Crippen LogP contribution in [0.1, 0.15) is 31.1 Å². The molecule has 0 spiro atoms. The van der Waals surface area contributed by atoms with Crippen LogP contribution in [-0.2, 0) is 4.74 Å². The molecule has 27 heavy (non-hydrogen) atoms. The summed E-state index contributed by atoms with van der Waals surface area (Å²) < 4.78 is 4.97. The summed E-state index contributed by atoms with van der Waals surface area (Å²) in [5.41, 5.74) is 0.633. The van der Waals surface area contributed by atoms with Gasteiger partial charge in [0.05, 0.1) is 12.7 Å². The van der Waals surface area contributed by atoms with E-state index in [0.29, 0.717) is 5.56 Å². The van der Waals surface area contributed by atoms with Gasteiger partial charge in [-0.05, 0) is 35.8 Å². The van der Waals surface area contributed by atoms with E-state index in [0.717, 1.165) is 11.2 Å². The van der Waals surface area contributed by atoms with E-state index in [1.54, 1.807) is 0 Å². The van der Waals surface area contributed by atoms with Crippen LogP contribution < -0.4 is 15.9 Å². The molecule has 140 valence electrons. The fourth-order valence-corrected chi connectivity index (χ4v) is 4.97. The molecule has 0 aliphatic heterocycles. The molecular formula is C24H27O2P. The van der Waals surface area contributed by atoms with Crippen molar-refractivity contribution in [2.45, 2.75) is 20.8 Å². The Bertz CT molecular complexity index is 787. The third kappa shape index (κ3) is 6.05. The lowest BCUT2D eigenvalue weighted by Crippen LogP contribution is -2.25. The average Bonchev–Trinajstić information content (AvgIpc) is 2.69. The molecule has 0 radical (unpaired) electrons. The highest BCUT2D eigenvalue weighted by atomic mass is 31.1. The zero-order chi connectivity index (χ0) is 19.6. The lowest BCUT2D eigenvalue weighted by Gasteiger charge is -2.21. The van der Waals surface area contributed by atoms with Crippen LogP contribution in [0, 0.1) is 5.92 Å². The number of carbonyl (C=O) groups is 1. The molecule has 0 atom stereocenters. The highest BCUT2D eigenvalue weighted by molar-refractivity contribution is 7.80. The lowest BCUT2D eigenvalue weighted by molar-refractivity contribution is 0.0602. The number of benzene rings is 3. The van der Waals surface area contributed by atoms with E-state index in [4.69, 9.17) is 4.74 Å². The standard InChI is InChI=1S/C20H17O2P.C4H10/c1-22-20(21)18-14-8-9-15-19(18)23(16-10-4-2-5-11-16)17-12-6-3-7-13-17;1-4(2)3/h2-15H,1H3;4H,1-3H3. The van der Waals surface area contributed by atoms with E-state index >= 15 is 0 Å². The number of ether oxygens (including phenoxy) is 1. The molecule has 0 heterocycles. The first-order chi connectivity index (χ1) is 13.0. The minimum Gasteiger partial charge on any atom is -0.465 e. The molecule has 3 heteroatoms. The number of methoxy groups -OCH3 is 1. The van der Waals surface area contributed by atoms with Crippen molar-refractivity contribution < 1.29 is 9.53 Å². The molecule has 0 N–H and O–H groups in total. The van der Waals surface area contributed by atoms with Crippen molar-refractivity contribution >= 4 is 29.8 Å². The van der Waals surface area contributed by atoms with Gasteiger partial charge in [0.1, 0.15) is 0 Å². The first-order valence-electron chi connectivity index (χ1n) is 9.12. The van der Waals surface area contributed by atoms with E-state index < -0.39 is 7.92 Å². The van der Waals surface area contributed by atoms with Gasteiger partial charge in [-0.25, -0.2) is 4.79 Å². The van der Waals surface area contributed by atoms with Crippen LogP contribution in [0.15, 0.2) is 84.9 Å². The van der Waals surface area contributed by atoms with Crippen LogP contribution >= 0.6 is 7.92 Å². The number of esters is 1. The van der Waals surface area contributed by atoms with Crippen LogP contribution in [0.25, 0.3) is 0 Å². The fourth-order valence-electron chi connectivity index (χ4n) is 2.53. The first-order valence-corrected chi connectivity index (χ1v) is 10.5. The largest absolute Gasteiger partial charge is 0.465 e. The molecule has 0 saturated heterocycles. The number of carbonyl (C=O) groups excluding carboxylic acids is 1. The monoisotopic (exact) mass is 378 g/mol. The van der Waals surface area contributed by atoms with Crippen LogP contribution in [0.4, 0.5) is 0 Å². The maximum absolute atomic E-state index is 12.2. The van der Waals surface area contributed by atoms with Crippen molar-refractivity contribution in [1.29, 1.82) is 0 Å². The van der Waals surface area contributed by atoms with Crippen molar-refractivity contribution in [3.05, 3.63) is 90.5 Å².